The molecule has 10 heteroatoms. The van der Waals surface area contributed by atoms with Crippen LogP contribution >= 0.6 is 0 Å². The van der Waals surface area contributed by atoms with Gasteiger partial charge in [-0.1, -0.05) is 13.0 Å². The van der Waals surface area contributed by atoms with Crippen molar-refractivity contribution in [2.45, 2.75) is 57.6 Å². The Balaban J connectivity index is 1.41. The molecule has 10 nitrogen and oxygen atoms in total. The highest BCUT2D eigenvalue weighted by molar-refractivity contribution is 6.16. The lowest BCUT2D eigenvalue weighted by Crippen LogP contribution is -2.60. The fourth-order valence-corrected chi connectivity index (χ4v) is 6.71. The van der Waals surface area contributed by atoms with Crippen molar-refractivity contribution in [2.24, 2.45) is 5.92 Å². The molecule has 0 radical (unpaired) electrons. The van der Waals surface area contributed by atoms with E-state index in [9.17, 15) is 4.79 Å². The first-order valence-electron chi connectivity index (χ1n) is 14.2. The van der Waals surface area contributed by atoms with E-state index in [2.05, 4.69) is 6.92 Å². The van der Waals surface area contributed by atoms with Gasteiger partial charge in [-0.05, 0) is 48.6 Å². The highest BCUT2D eigenvalue weighted by atomic mass is 16.8. The molecule has 222 valence electrons. The largest absolute Gasteiger partial charge is 0.493 e. The molecule has 6 atom stereocenters. The van der Waals surface area contributed by atoms with Crippen molar-refractivity contribution in [3.8, 4) is 39.9 Å². The Labute approximate surface area is 243 Å². The van der Waals surface area contributed by atoms with Gasteiger partial charge in [0.1, 0.15) is 18.0 Å². The van der Waals surface area contributed by atoms with Crippen molar-refractivity contribution in [2.75, 3.05) is 34.7 Å². The number of hydrogen-bond donors (Lipinski definition) is 0. The Hall–Kier alpha value is -3.57. The van der Waals surface area contributed by atoms with Gasteiger partial charge in [0, 0.05) is 41.5 Å². The zero-order valence-electron chi connectivity index (χ0n) is 24.3. The van der Waals surface area contributed by atoms with Crippen LogP contribution in [0.15, 0.2) is 30.3 Å². The molecule has 3 aromatic rings. The molecule has 0 spiro atoms. The third kappa shape index (κ3) is 4.27. The van der Waals surface area contributed by atoms with Crippen LogP contribution in [-0.2, 0) is 25.4 Å². The second kappa shape index (κ2) is 10.6. The Bertz CT molecular complexity index is 1550. The second-order valence-corrected chi connectivity index (χ2v) is 11.0. The van der Waals surface area contributed by atoms with Gasteiger partial charge in [-0.15, -0.1) is 0 Å². The molecule has 4 aliphatic rings. The zero-order valence-corrected chi connectivity index (χ0v) is 24.3. The van der Waals surface area contributed by atoms with Crippen molar-refractivity contribution in [1.29, 1.82) is 0 Å². The van der Waals surface area contributed by atoms with Crippen molar-refractivity contribution < 1.29 is 47.4 Å². The van der Waals surface area contributed by atoms with E-state index in [4.69, 9.17) is 42.6 Å². The number of hydrogen-bond acceptors (Lipinski definition) is 10. The monoisotopic (exact) mass is 578 g/mol. The minimum absolute atomic E-state index is 0.0337. The molecule has 0 saturated carbocycles. The van der Waals surface area contributed by atoms with Crippen LogP contribution in [-0.4, -0.2) is 71.4 Å². The summed E-state index contributed by atoms with van der Waals surface area (Å²) in [4.78, 5) is 13.6. The van der Waals surface area contributed by atoms with E-state index in [-0.39, 0.29) is 37.0 Å². The summed E-state index contributed by atoms with van der Waals surface area (Å²) in [5.41, 5.74) is 3.07. The van der Waals surface area contributed by atoms with E-state index < -0.39 is 12.4 Å². The predicted molar refractivity (Wildman–Crippen MR) is 151 cm³/mol. The van der Waals surface area contributed by atoms with E-state index in [1.54, 1.807) is 21.3 Å². The molecule has 0 aromatic heterocycles. The predicted octanol–water partition coefficient (Wildman–Crippen LogP) is 4.90. The van der Waals surface area contributed by atoms with Gasteiger partial charge in [-0.2, -0.15) is 0 Å². The third-order valence-electron chi connectivity index (χ3n) is 8.74. The number of Topliss-reactive ketones (excluding diaryl/α,β-unsaturated/α-hetero) is 1. The van der Waals surface area contributed by atoms with Crippen LogP contribution in [0, 0.1) is 5.92 Å². The van der Waals surface area contributed by atoms with Crippen molar-refractivity contribution in [1.82, 2.24) is 0 Å². The fourth-order valence-electron chi connectivity index (χ4n) is 6.71. The lowest BCUT2D eigenvalue weighted by Gasteiger charge is -2.47. The molecule has 6 unspecified atom stereocenters. The molecular formula is C32H34O10. The maximum absolute atomic E-state index is 13.6. The van der Waals surface area contributed by atoms with Gasteiger partial charge in [0.15, 0.2) is 35.1 Å². The average molecular weight is 579 g/mol. The third-order valence-corrected chi connectivity index (χ3v) is 8.74. The molecule has 0 amide bonds. The lowest BCUT2D eigenvalue weighted by atomic mass is 9.88. The lowest BCUT2D eigenvalue weighted by molar-refractivity contribution is -0.335. The number of benzene rings is 3. The Morgan fingerprint density at radius 1 is 0.857 bits per heavy atom. The maximum atomic E-state index is 13.6. The minimum Gasteiger partial charge on any atom is -0.493 e. The topological polar surface area (TPSA) is 100 Å². The van der Waals surface area contributed by atoms with Crippen LogP contribution in [0.4, 0.5) is 0 Å². The number of ether oxygens (including phenoxy) is 9. The number of methoxy groups -OCH3 is 3. The normalized spacial score (nSPS) is 28.0. The summed E-state index contributed by atoms with van der Waals surface area (Å²) in [7, 11) is 4.83. The van der Waals surface area contributed by atoms with Crippen LogP contribution in [0.3, 0.4) is 0 Å². The molecule has 0 N–H and O–H groups in total. The molecule has 2 fully saturated rings. The van der Waals surface area contributed by atoms with Gasteiger partial charge in [-0.25, -0.2) is 0 Å². The summed E-state index contributed by atoms with van der Waals surface area (Å²) in [5, 5.41) is 1.55. The van der Waals surface area contributed by atoms with Gasteiger partial charge in [0.25, 0.3) is 0 Å². The van der Waals surface area contributed by atoms with Gasteiger partial charge < -0.3 is 42.6 Å². The van der Waals surface area contributed by atoms with Gasteiger partial charge in [0.05, 0.1) is 26.9 Å². The molecule has 3 aromatic carbocycles. The van der Waals surface area contributed by atoms with Crippen LogP contribution in [0.25, 0.3) is 21.9 Å². The van der Waals surface area contributed by atoms with E-state index in [1.165, 1.54) is 0 Å². The molecule has 0 bridgehead atoms. The van der Waals surface area contributed by atoms with Crippen molar-refractivity contribution >= 4 is 16.6 Å². The van der Waals surface area contributed by atoms with E-state index in [0.29, 0.717) is 53.8 Å². The number of carbonyl (C=O) groups is 1. The fraction of sp³-hybridized carbons (Fsp3) is 0.469. The van der Waals surface area contributed by atoms with Crippen LogP contribution in [0.1, 0.15) is 36.2 Å². The summed E-state index contributed by atoms with van der Waals surface area (Å²) in [6.07, 6.45) is -1.13. The van der Waals surface area contributed by atoms with Crippen LogP contribution in [0.2, 0.25) is 0 Å². The molecule has 2 saturated heterocycles. The first-order valence-corrected chi connectivity index (χ1v) is 14.2. The SMILES string of the molecule is COc1cc2c(OC3OC4COC(C)OC4C(C)C3OC)c3c(c(-c4ccc5c(c4)OCO5)c2cc1OC)C(=O)CC3. The molecular weight excluding hydrogens is 544 g/mol. The van der Waals surface area contributed by atoms with Crippen molar-refractivity contribution in [3.63, 3.8) is 0 Å². The Morgan fingerprint density at radius 3 is 2.38 bits per heavy atom. The highest BCUT2D eigenvalue weighted by Gasteiger charge is 2.49. The Kier molecular flexibility index (Phi) is 6.89. The molecule has 1 aliphatic carbocycles. The second-order valence-electron chi connectivity index (χ2n) is 11.0. The number of fused-ring (bicyclic) bond motifs is 4. The number of carbonyl (C=O) groups excluding carboxylic acids is 1. The molecule has 42 heavy (non-hydrogen) atoms. The minimum atomic E-state index is -0.764. The van der Waals surface area contributed by atoms with Crippen LogP contribution < -0.4 is 23.7 Å². The number of rotatable bonds is 6. The summed E-state index contributed by atoms with van der Waals surface area (Å²) in [6.45, 7) is 4.50. The summed E-state index contributed by atoms with van der Waals surface area (Å²) < 4.78 is 53.6. The molecule has 3 heterocycles. The Morgan fingerprint density at radius 2 is 1.62 bits per heavy atom. The van der Waals surface area contributed by atoms with Gasteiger partial charge >= 0.3 is 0 Å². The number of ketones is 1. The zero-order chi connectivity index (χ0) is 29.1. The molecule has 3 aliphatic heterocycles. The maximum Gasteiger partial charge on any atom is 0.231 e. The first kappa shape index (κ1) is 27.3. The summed E-state index contributed by atoms with van der Waals surface area (Å²) in [6, 6.07) is 9.52. The quantitative estimate of drug-likeness (QED) is 0.402. The van der Waals surface area contributed by atoms with Gasteiger partial charge in [0.2, 0.25) is 13.1 Å². The van der Waals surface area contributed by atoms with E-state index in [1.807, 2.05) is 37.3 Å². The van der Waals surface area contributed by atoms with Crippen LogP contribution in [0.5, 0.6) is 28.7 Å². The van der Waals surface area contributed by atoms with Gasteiger partial charge in [-0.3, -0.25) is 4.79 Å². The molecule has 7 rings (SSSR count). The summed E-state index contributed by atoms with van der Waals surface area (Å²) >= 11 is 0. The smallest absolute Gasteiger partial charge is 0.231 e. The standard InChI is InChI=1S/C32H34O10/c1-15-29-26(13-37-16(2)40-29)41-32(30(15)36-5)42-31-18-7-8-21(33)28(18)27(17-6-9-22-25(10-17)39-14-38-22)19-11-23(34-3)24(35-4)12-20(19)31/h6,9-12,15-16,26,29-30,32H,7-8,13-14H2,1-5H3. The van der Waals surface area contributed by atoms with Crippen molar-refractivity contribution in [3.05, 3.63) is 41.5 Å². The van der Waals surface area contributed by atoms with E-state index >= 15 is 0 Å². The average Bonchev–Trinajstić information content (AvgIpc) is 3.63. The van der Waals surface area contributed by atoms with E-state index in [0.717, 1.165) is 27.5 Å². The highest BCUT2D eigenvalue weighted by Crippen LogP contribution is 2.50. The summed E-state index contributed by atoms with van der Waals surface area (Å²) in [5.74, 6) is 2.96. The first-order chi connectivity index (χ1) is 20.4.